The summed E-state index contributed by atoms with van der Waals surface area (Å²) < 4.78 is 0. The van der Waals surface area contributed by atoms with Crippen molar-refractivity contribution in [3.05, 3.63) is 41.0 Å². The molecular formula is C17H22N2OS. The van der Waals surface area contributed by atoms with E-state index in [1.165, 1.54) is 0 Å². The highest BCUT2D eigenvalue weighted by atomic mass is 32.1. The van der Waals surface area contributed by atoms with Gasteiger partial charge in [0.2, 0.25) is 5.91 Å². The number of carbonyl (C=O) groups excluding carboxylic acids is 1. The fraction of sp³-hybridized carbons (Fsp3) is 0.412. The number of rotatable bonds is 3. The molecule has 0 unspecified atom stereocenters. The third-order valence-electron chi connectivity index (χ3n) is 3.37. The Morgan fingerprint density at radius 1 is 1.24 bits per heavy atom. The van der Waals surface area contributed by atoms with Gasteiger partial charge < -0.3 is 4.90 Å². The molecule has 1 fully saturated rings. The number of aryl methyl sites for hydroxylation is 1. The lowest BCUT2D eigenvalue weighted by atomic mass is 10.1. The molecular weight excluding hydrogens is 280 g/mol. The summed E-state index contributed by atoms with van der Waals surface area (Å²) in [4.78, 5) is 19.7. The van der Waals surface area contributed by atoms with Crippen LogP contribution in [-0.4, -0.2) is 28.9 Å². The van der Waals surface area contributed by atoms with Crippen LogP contribution in [0, 0.1) is 6.92 Å². The lowest BCUT2D eigenvalue weighted by Gasteiger charge is -2.30. The monoisotopic (exact) mass is 302 g/mol. The SMILES string of the molecule is CC.Cc1nc(CC(=O)N2CCC2)c(-c2ccccc2)s1. The van der Waals surface area contributed by atoms with Crippen LogP contribution in [-0.2, 0) is 11.2 Å². The molecule has 1 aromatic heterocycles. The zero-order valence-electron chi connectivity index (χ0n) is 12.9. The van der Waals surface area contributed by atoms with Crippen LogP contribution < -0.4 is 0 Å². The molecule has 1 aliphatic heterocycles. The highest BCUT2D eigenvalue weighted by Crippen LogP contribution is 2.30. The molecule has 112 valence electrons. The Bertz CT molecular complexity index is 588. The fourth-order valence-electron chi connectivity index (χ4n) is 2.23. The van der Waals surface area contributed by atoms with E-state index in [1.54, 1.807) is 11.3 Å². The number of nitrogens with zero attached hydrogens (tertiary/aromatic N) is 2. The lowest BCUT2D eigenvalue weighted by Crippen LogP contribution is -2.42. The van der Waals surface area contributed by atoms with Gasteiger partial charge in [-0.25, -0.2) is 4.98 Å². The molecule has 0 radical (unpaired) electrons. The Hall–Kier alpha value is -1.68. The first-order valence-corrected chi connectivity index (χ1v) is 8.35. The fourth-order valence-corrected chi connectivity index (χ4v) is 3.17. The Kier molecular flexibility index (Phi) is 5.51. The minimum absolute atomic E-state index is 0.203. The van der Waals surface area contributed by atoms with Crippen molar-refractivity contribution in [1.82, 2.24) is 9.88 Å². The second-order valence-electron chi connectivity index (χ2n) is 4.79. The summed E-state index contributed by atoms with van der Waals surface area (Å²) in [5, 5.41) is 1.02. The van der Waals surface area contributed by atoms with Crippen LogP contribution in [0.3, 0.4) is 0 Å². The molecule has 0 aliphatic carbocycles. The largest absolute Gasteiger partial charge is 0.342 e. The van der Waals surface area contributed by atoms with Crippen LogP contribution in [0.2, 0.25) is 0 Å². The van der Waals surface area contributed by atoms with Gasteiger partial charge in [-0.15, -0.1) is 11.3 Å². The molecule has 3 nitrogen and oxygen atoms in total. The molecule has 3 rings (SSSR count). The normalized spacial score (nSPS) is 13.2. The molecule has 0 N–H and O–H groups in total. The highest BCUT2D eigenvalue weighted by Gasteiger charge is 2.22. The second kappa shape index (κ2) is 7.36. The van der Waals surface area contributed by atoms with E-state index in [-0.39, 0.29) is 5.91 Å². The van der Waals surface area contributed by atoms with Crippen molar-refractivity contribution >= 4 is 17.2 Å². The van der Waals surface area contributed by atoms with Gasteiger partial charge in [0.1, 0.15) is 0 Å². The standard InChI is InChI=1S/C15H16N2OS.C2H6/c1-11-16-13(10-14(18)17-8-5-9-17)15(19-11)12-6-3-2-4-7-12;1-2/h2-4,6-7H,5,8-10H2,1H3;1-2H3. The van der Waals surface area contributed by atoms with Crippen molar-refractivity contribution in [2.75, 3.05) is 13.1 Å². The van der Waals surface area contributed by atoms with Crippen LogP contribution >= 0.6 is 11.3 Å². The van der Waals surface area contributed by atoms with Crippen molar-refractivity contribution < 1.29 is 4.79 Å². The topological polar surface area (TPSA) is 33.2 Å². The Morgan fingerprint density at radius 2 is 1.90 bits per heavy atom. The van der Waals surface area contributed by atoms with E-state index >= 15 is 0 Å². The van der Waals surface area contributed by atoms with E-state index in [0.717, 1.165) is 40.7 Å². The Labute approximate surface area is 130 Å². The van der Waals surface area contributed by atoms with Gasteiger partial charge in [-0.2, -0.15) is 0 Å². The van der Waals surface area contributed by atoms with Gasteiger partial charge >= 0.3 is 0 Å². The molecule has 0 spiro atoms. The predicted octanol–water partition coefficient (Wildman–Crippen LogP) is 3.92. The van der Waals surface area contributed by atoms with Gasteiger partial charge in [0, 0.05) is 13.1 Å². The van der Waals surface area contributed by atoms with Gasteiger partial charge in [0.05, 0.1) is 22.0 Å². The molecule has 1 saturated heterocycles. The van der Waals surface area contributed by atoms with Crippen molar-refractivity contribution in [3.8, 4) is 10.4 Å². The smallest absolute Gasteiger partial charge is 0.228 e. The number of amides is 1. The zero-order chi connectivity index (χ0) is 15.2. The summed E-state index contributed by atoms with van der Waals surface area (Å²) >= 11 is 1.66. The predicted molar refractivity (Wildman–Crippen MR) is 88.5 cm³/mol. The van der Waals surface area contributed by atoms with Gasteiger partial charge in [-0.05, 0) is 18.9 Å². The lowest BCUT2D eigenvalue weighted by molar-refractivity contribution is -0.133. The number of hydrogen-bond acceptors (Lipinski definition) is 3. The van der Waals surface area contributed by atoms with Crippen molar-refractivity contribution in [2.24, 2.45) is 0 Å². The quantitative estimate of drug-likeness (QED) is 0.861. The van der Waals surface area contributed by atoms with Crippen molar-refractivity contribution in [2.45, 2.75) is 33.6 Å². The molecule has 0 bridgehead atoms. The minimum atomic E-state index is 0.203. The van der Waals surface area contributed by atoms with Crippen LogP contribution in [0.5, 0.6) is 0 Å². The Balaban J connectivity index is 0.000000774. The average molecular weight is 302 g/mol. The third kappa shape index (κ3) is 3.70. The van der Waals surface area contributed by atoms with Crippen LogP contribution in [0.4, 0.5) is 0 Å². The van der Waals surface area contributed by atoms with E-state index < -0.39 is 0 Å². The van der Waals surface area contributed by atoms with E-state index in [4.69, 9.17) is 0 Å². The van der Waals surface area contributed by atoms with Crippen molar-refractivity contribution in [1.29, 1.82) is 0 Å². The molecule has 1 aromatic carbocycles. The third-order valence-corrected chi connectivity index (χ3v) is 4.43. The summed E-state index contributed by atoms with van der Waals surface area (Å²) in [6, 6.07) is 10.2. The van der Waals surface area contributed by atoms with Crippen LogP contribution in [0.25, 0.3) is 10.4 Å². The number of benzene rings is 1. The molecule has 1 amide bonds. The summed E-state index contributed by atoms with van der Waals surface area (Å²) in [6.45, 7) is 7.81. The maximum atomic E-state index is 12.1. The van der Waals surface area contributed by atoms with Gasteiger partial charge in [0.15, 0.2) is 0 Å². The van der Waals surface area contributed by atoms with Crippen LogP contribution in [0.1, 0.15) is 31.0 Å². The van der Waals surface area contributed by atoms with E-state index in [1.807, 2.05) is 43.9 Å². The maximum absolute atomic E-state index is 12.1. The molecule has 2 heterocycles. The van der Waals surface area contributed by atoms with E-state index in [9.17, 15) is 4.79 Å². The van der Waals surface area contributed by atoms with Crippen molar-refractivity contribution in [3.63, 3.8) is 0 Å². The molecule has 4 heteroatoms. The zero-order valence-corrected chi connectivity index (χ0v) is 13.7. The average Bonchev–Trinajstić information content (AvgIpc) is 2.81. The van der Waals surface area contributed by atoms with E-state index in [2.05, 4.69) is 17.1 Å². The highest BCUT2D eigenvalue weighted by molar-refractivity contribution is 7.15. The number of aromatic nitrogens is 1. The number of carbonyl (C=O) groups is 1. The first kappa shape index (κ1) is 15.7. The minimum Gasteiger partial charge on any atom is -0.342 e. The van der Waals surface area contributed by atoms with Gasteiger partial charge in [0.25, 0.3) is 0 Å². The first-order chi connectivity index (χ1) is 10.2. The molecule has 0 saturated carbocycles. The maximum Gasteiger partial charge on any atom is 0.228 e. The van der Waals surface area contributed by atoms with Gasteiger partial charge in [-0.1, -0.05) is 44.2 Å². The number of thiazole rings is 1. The van der Waals surface area contributed by atoms with E-state index in [0.29, 0.717) is 6.42 Å². The number of hydrogen-bond donors (Lipinski definition) is 0. The van der Waals surface area contributed by atoms with Crippen LogP contribution in [0.15, 0.2) is 30.3 Å². The summed E-state index contributed by atoms with van der Waals surface area (Å²) in [7, 11) is 0. The summed E-state index contributed by atoms with van der Waals surface area (Å²) in [6.07, 6.45) is 1.56. The molecule has 1 aliphatic rings. The molecule has 2 aromatic rings. The summed E-state index contributed by atoms with van der Waals surface area (Å²) in [5.41, 5.74) is 2.07. The second-order valence-corrected chi connectivity index (χ2v) is 5.99. The number of likely N-dealkylation sites (tertiary alicyclic amines) is 1. The molecule has 21 heavy (non-hydrogen) atoms. The summed E-state index contributed by atoms with van der Waals surface area (Å²) in [5.74, 6) is 0.203. The first-order valence-electron chi connectivity index (χ1n) is 7.53. The Morgan fingerprint density at radius 3 is 2.48 bits per heavy atom. The molecule has 0 atom stereocenters. The van der Waals surface area contributed by atoms with Gasteiger partial charge in [-0.3, -0.25) is 4.79 Å².